The Balaban J connectivity index is 1.75. The average molecular weight is 275 g/mol. The van der Waals surface area contributed by atoms with E-state index in [1.807, 2.05) is 0 Å². The van der Waals surface area contributed by atoms with E-state index < -0.39 is 0 Å². The standard InChI is InChI=1S/C18H17N3/c1-2-4-17-16(3-1)20-18(21(17)15-7-8-15)12-5-6-13-10-19-11-14(13)9-12/h1-6,9,15,19H,7-8,10-11H2. The summed E-state index contributed by atoms with van der Waals surface area (Å²) in [7, 11) is 0. The minimum Gasteiger partial charge on any atom is -0.321 e. The third-order valence-corrected chi connectivity index (χ3v) is 4.60. The number of benzene rings is 2. The molecule has 3 heteroatoms. The van der Waals surface area contributed by atoms with Crippen molar-refractivity contribution in [2.24, 2.45) is 0 Å². The zero-order valence-electron chi connectivity index (χ0n) is 11.8. The quantitative estimate of drug-likeness (QED) is 0.774. The third kappa shape index (κ3) is 1.74. The molecule has 0 atom stereocenters. The molecule has 21 heavy (non-hydrogen) atoms. The fraction of sp³-hybridized carbons (Fsp3) is 0.278. The van der Waals surface area contributed by atoms with Crippen LogP contribution < -0.4 is 5.32 Å². The highest BCUT2D eigenvalue weighted by atomic mass is 15.1. The van der Waals surface area contributed by atoms with Crippen LogP contribution in [0.4, 0.5) is 0 Å². The van der Waals surface area contributed by atoms with E-state index in [-0.39, 0.29) is 0 Å². The van der Waals surface area contributed by atoms with Gasteiger partial charge in [-0.05, 0) is 42.2 Å². The first-order chi connectivity index (χ1) is 10.4. The molecule has 5 rings (SSSR count). The van der Waals surface area contributed by atoms with Crippen LogP contribution in [0.2, 0.25) is 0 Å². The molecule has 1 N–H and O–H groups in total. The highest BCUT2D eigenvalue weighted by Gasteiger charge is 2.28. The molecule has 1 saturated carbocycles. The van der Waals surface area contributed by atoms with Gasteiger partial charge in [-0.2, -0.15) is 0 Å². The largest absolute Gasteiger partial charge is 0.321 e. The van der Waals surface area contributed by atoms with E-state index in [0.29, 0.717) is 6.04 Å². The second-order valence-corrected chi connectivity index (χ2v) is 6.11. The Morgan fingerprint density at radius 1 is 1.00 bits per heavy atom. The molecule has 0 radical (unpaired) electrons. The van der Waals surface area contributed by atoms with E-state index in [1.165, 1.54) is 35.0 Å². The topological polar surface area (TPSA) is 29.9 Å². The van der Waals surface area contributed by atoms with Gasteiger partial charge in [-0.15, -0.1) is 0 Å². The van der Waals surface area contributed by atoms with E-state index in [4.69, 9.17) is 4.98 Å². The van der Waals surface area contributed by atoms with E-state index in [9.17, 15) is 0 Å². The smallest absolute Gasteiger partial charge is 0.141 e. The van der Waals surface area contributed by atoms with Crippen molar-refractivity contribution in [2.45, 2.75) is 32.0 Å². The van der Waals surface area contributed by atoms with Gasteiger partial charge >= 0.3 is 0 Å². The van der Waals surface area contributed by atoms with Crippen molar-refractivity contribution in [3.63, 3.8) is 0 Å². The molecule has 0 unspecified atom stereocenters. The molecule has 3 aromatic rings. The lowest BCUT2D eigenvalue weighted by Gasteiger charge is -2.09. The Morgan fingerprint density at radius 3 is 2.76 bits per heavy atom. The first kappa shape index (κ1) is 11.5. The number of hydrogen-bond acceptors (Lipinski definition) is 2. The lowest BCUT2D eigenvalue weighted by Crippen LogP contribution is -2.00. The summed E-state index contributed by atoms with van der Waals surface area (Å²) in [5.74, 6) is 1.13. The van der Waals surface area contributed by atoms with Gasteiger partial charge in [0.25, 0.3) is 0 Å². The summed E-state index contributed by atoms with van der Waals surface area (Å²) >= 11 is 0. The van der Waals surface area contributed by atoms with Gasteiger partial charge in [-0.25, -0.2) is 4.98 Å². The Bertz CT molecular complexity index is 843. The summed E-state index contributed by atoms with van der Waals surface area (Å²) < 4.78 is 2.44. The van der Waals surface area contributed by atoms with Crippen LogP contribution in [0.3, 0.4) is 0 Å². The minimum absolute atomic E-state index is 0.638. The zero-order chi connectivity index (χ0) is 13.8. The SMILES string of the molecule is c1ccc2c(c1)nc(-c1ccc3c(c1)CNC3)n2C1CC1. The van der Waals surface area contributed by atoms with Crippen molar-refractivity contribution in [3.8, 4) is 11.4 Å². The van der Waals surface area contributed by atoms with Gasteiger partial charge in [0.1, 0.15) is 5.82 Å². The second-order valence-electron chi connectivity index (χ2n) is 6.11. The molecule has 3 nitrogen and oxygen atoms in total. The number of nitrogens with one attached hydrogen (secondary N) is 1. The number of para-hydroxylation sites is 2. The van der Waals surface area contributed by atoms with Crippen molar-refractivity contribution in [2.75, 3.05) is 0 Å². The van der Waals surface area contributed by atoms with Gasteiger partial charge in [0.2, 0.25) is 0 Å². The van der Waals surface area contributed by atoms with Crippen LogP contribution in [0.1, 0.15) is 30.0 Å². The Hall–Kier alpha value is -2.13. The van der Waals surface area contributed by atoms with Crippen LogP contribution in [0.15, 0.2) is 42.5 Å². The average Bonchev–Trinajstić information content (AvgIpc) is 3.12. The first-order valence-electron chi connectivity index (χ1n) is 7.70. The molecule has 0 amide bonds. The van der Waals surface area contributed by atoms with Crippen LogP contribution in [-0.2, 0) is 13.1 Å². The van der Waals surface area contributed by atoms with Crippen LogP contribution in [0, 0.1) is 0 Å². The van der Waals surface area contributed by atoms with Crippen molar-refractivity contribution in [1.29, 1.82) is 0 Å². The molecular weight excluding hydrogens is 258 g/mol. The maximum Gasteiger partial charge on any atom is 0.141 e. The normalized spacial score (nSPS) is 17.3. The number of rotatable bonds is 2. The van der Waals surface area contributed by atoms with Gasteiger partial charge in [0, 0.05) is 24.7 Å². The number of hydrogen-bond donors (Lipinski definition) is 1. The predicted octanol–water partition coefficient (Wildman–Crippen LogP) is 3.64. The summed E-state index contributed by atoms with van der Waals surface area (Å²) in [6.07, 6.45) is 2.56. The minimum atomic E-state index is 0.638. The third-order valence-electron chi connectivity index (χ3n) is 4.60. The number of fused-ring (bicyclic) bond motifs is 2. The highest BCUT2D eigenvalue weighted by molar-refractivity contribution is 5.81. The van der Waals surface area contributed by atoms with Crippen LogP contribution >= 0.6 is 0 Å². The Morgan fingerprint density at radius 2 is 1.86 bits per heavy atom. The van der Waals surface area contributed by atoms with Crippen LogP contribution in [0.5, 0.6) is 0 Å². The molecule has 0 bridgehead atoms. The molecule has 1 aromatic heterocycles. The molecule has 1 fully saturated rings. The van der Waals surface area contributed by atoms with E-state index in [2.05, 4.69) is 52.3 Å². The fourth-order valence-electron chi connectivity index (χ4n) is 3.38. The van der Waals surface area contributed by atoms with E-state index in [0.717, 1.165) is 24.4 Å². The number of aromatic nitrogens is 2. The summed E-state index contributed by atoms with van der Waals surface area (Å²) in [6, 6.07) is 15.9. The van der Waals surface area contributed by atoms with E-state index >= 15 is 0 Å². The van der Waals surface area contributed by atoms with Gasteiger partial charge < -0.3 is 9.88 Å². The number of nitrogens with zero attached hydrogens (tertiary/aromatic N) is 2. The van der Waals surface area contributed by atoms with Gasteiger partial charge in [-0.1, -0.05) is 24.3 Å². The Kier molecular flexibility index (Phi) is 2.29. The maximum absolute atomic E-state index is 4.91. The molecular formula is C18H17N3. The lowest BCUT2D eigenvalue weighted by atomic mass is 10.1. The first-order valence-corrected chi connectivity index (χ1v) is 7.70. The molecule has 104 valence electrons. The maximum atomic E-state index is 4.91. The van der Waals surface area contributed by atoms with Crippen molar-refractivity contribution >= 4 is 11.0 Å². The van der Waals surface area contributed by atoms with Crippen LogP contribution in [-0.4, -0.2) is 9.55 Å². The lowest BCUT2D eigenvalue weighted by molar-refractivity contribution is 0.764. The second kappa shape index (κ2) is 4.18. The molecule has 2 heterocycles. The summed E-state index contributed by atoms with van der Waals surface area (Å²) in [5.41, 5.74) is 6.47. The van der Waals surface area contributed by atoms with Crippen LogP contribution in [0.25, 0.3) is 22.4 Å². The van der Waals surface area contributed by atoms with E-state index in [1.54, 1.807) is 0 Å². The fourth-order valence-corrected chi connectivity index (χ4v) is 3.38. The molecule has 1 aliphatic carbocycles. The molecule has 0 spiro atoms. The zero-order valence-corrected chi connectivity index (χ0v) is 11.8. The summed E-state index contributed by atoms with van der Waals surface area (Å²) in [5, 5.41) is 3.42. The summed E-state index contributed by atoms with van der Waals surface area (Å²) in [4.78, 5) is 4.91. The molecule has 2 aliphatic rings. The molecule has 1 aliphatic heterocycles. The van der Waals surface area contributed by atoms with Gasteiger partial charge in [0.05, 0.1) is 11.0 Å². The molecule has 2 aromatic carbocycles. The highest BCUT2D eigenvalue weighted by Crippen LogP contribution is 2.41. The van der Waals surface area contributed by atoms with Crippen molar-refractivity contribution in [1.82, 2.24) is 14.9 Å². The number of imidazole rings is 1. The molecule has 0 saturated heterocycles. The Labute approximate surface area is 123 Å². The van der Waals surface area contributed by atoms with Gasteiger partial charge in [-0.3, -0.25) is 0 Å². The summed E-state index contributed by atoms with van der Waals surface area (Å²) in [6.45, 7) is 1.97. The van der Waals surface area contributed by atoms with Gasteiger partial charge in [0.15, 0.2) is 0 Å². The van der Waals surface area contributed by atoms with Crippen molar-refractivity contribution in [3.05, 3.63) is 53.6 Å². The monoisotopic (exact) mass is 275 g/mol. The predicted molar refractivity (Wildman–Crippen MR) is 84.0 cm³/mol. The van der Waals surface area contributed by atoms with Crippen molar-refractivity contribution < 1.29 is 0 Å².